The molecule has 0 bridgehead atoms. The quantitative estimate of drug-likeness (QED) is 0.485. The van der Waals surface area contributed by atoms with Gasteiger partial charge in [0.25, 0.3) is 0 Å². The zero-order valence-corrected chi connectivity index (χ0v) is 14.7. The number of nitrogens with one attached hydrogen (secondary N) is 2. The van der Waals surface area contributed by atoms with Gasteiger partial charge in [0, 0.05) is 17.5 Å². The molecule has 7 heteroatoms. The third-order valence-electron chi connectivity index (χ3n) is 5.88. The van der Waals surface area contributed by atoms with E-state index in [1.54, 1.807) is 17.1 Å². The zero-order chi connectivity index (χ0) is 18.7. The Kier molecular flexibility index (Phi) is 3.63. The summed E-state index contributed by atoms with van der Waals surface area (Å²) in [6.45, 7) is -0.0258. The molecule has 4 unspecified atom stereocenters. The molecule has 3 heterocycles. The average molecular weight is 367 g/mol. The van der Waals surface area contributed by atoms with Crippen molar-refractivity contribution in [3.63, 3.8) is 0 Å². The van der Waals surface area contributed by atoms with E-state index in [0.29, 0.717) is 12.0 Å². The number of nitrogens with zero attached hydrogens (tertiary/aromatic N) is 1. The number of piperazine rings is 1. The van der Waals surface area contributed by atoms with Gasteiger partial charge in [-0.05, 0) is 35.3 Å². The van der Waals surface area contributed by atoms with Crippen molar-refractivity contribution in [3.05, 3.63) is 45.6 Å². The molecule has 0 aromatic carbocycles. The maximum absolute atomic E-state index is 12.7. The fourth-order valence-corrected chi connectivity index (χ4v) is 4.60. The third kappa shape index (κ3) is 2.42. The van der Waals surface area contributed by atoms with E-state index in [2.05, 4.69) is 22.5 Å². The molecule has 1 aromatic rings. The number of aromatic nitrogens is 1. The maximum atomic E-state index is 12.7. The monoisotopic (exact) mass is 367 g/mol. The van der Waals surface area contributed by atoms with Crippen LogP contribution in [0.5, 0.6) is 0 Å². The number of H-pyrrole nitrogens is 1. The van der Waals surface area contributed by atoms with Crippen molar-refractivity contribution in [1.29, 1.82) is 0 Å². The molecule has 27 heavy (non-hydrogen) atoms. The van der Waals surface area contributed by atoms with Gasteiger partial charge in [0.2, 0.25) is 11.8 Å². The highest BCUT2D eigenvalue weighted by Gasteiger charge is 2.46. The second kappa shape index (κ2) is 5.94. The topological polar surface area (TPSA) is 106 Å². The summed E-state index contributed by atoms with van der Waals surface area (Å²) in [6.07, 6.45) is 9.55. The van der Waals surface area contributed by atoms with Gasteiger partial charge in [-0.3, -0.25) is 9.59 Å². The van der Waals surface area contributed by atoms with Gasteiger partial charge in [0.15, 0.2) is 0 Å². The lowest BCUT2D eigenvalue weighted by molar-refractivity contribution is -0.148. The van der Waals surface area contributed by atoms with Gasteiger partial charge in [-0.15, -0.1) is 0 Å². The number of fused-ring (bicyclic) bond motifs is 4. The number of hydrogen-bond acceptors (Lipinski definition) is 4. The molecule has 4 aliphatic rings. The van der Waals surface area contributed by atoms with Gasteiger partial charge in [0.05, 0.1) is 12.6 Å². The van der Waals surface area contributed by atoms with Crippen LogP contribution in [-0.2, 0) is 16.0 Å². The minimum absolute atomic E-state index is 0.0258. The summed E-state index contributed by atoms with van der Waals surface area (Å²) in [6, 6.07) is -1.06. The molecular weight excluding hydrogens is 346 g/mol. The molecule has 4 N–H and O–H groups in total. The first-order valence-electron chi connectivity index (χ1n) is 9.30. The van der Waals surface area contributed by atoms with E-state index in [4.69, 9.17) is 0 Å². The molecule has 1 fully saturated rings. The van der Waals surface area contributed by atoms with Gasteiger partial charge < -0.3 is 25.4 Å². The maximum Gasteiger partial charge on any atom is 0.243 e. The van der Waals surface area contributed by atoms with Crippen LogP contribution >= 0.6 is 0 Å². The number of carbonyl (C=O) groups excluding carboxylic acids is 2. The normalized spacial score (nSPS) is 31.8. The van der Waals surface area contributed by atoms with Gasteiger partial charge >= 0.3 is 0 Å². The number of aliphatic hydroxyl groups is 2. The van der Waals surface area contributed by atoms with Gasteiger partial charge in [-0.1, -0.05) is 24.3 Å². The molecular formula is C20H21N3O4. The van der Waals surface area contributed by atoms with Gasteiger partial charge in [0.1, 0.15) is 18.2 Å². The van der Waals surface area contributed by atoms with Crippen LogP contribution in [0, 0.1) is 0 Å². The summed E-state index contributed by atoms with van der Waals surface area (Å²) in [4.78, 5) is 30.4. The molecule has 2 aliphatic carbocycles. The van der Waals surface area contributed by atoms with E-state index in [-0.39, 0.29) is 18.4 Å². The van der Waals surface area contributed by atoms with Crippen molar-refractivity contribution >= 4 is 24.0 Å². The summed E-state index contributed by atoms with van der Waals surface area (Å²) < 4.78 is 0. The minimum atomic E-state index is -1.04. The Hall–Kier alpha value is -2.64. The van der Waals surface area contributed by atoms with E-state index in [9.17, 15) is 19.8 Å². The van der Waals surface area contributed by atoms with Gasteiger partial charge in [-0.2, -0.15) is 0 Å². The number of amides is 2. The van der Waals surface area contributed by atoms with Crippen LogP contribution in [0.15, 0.2) is 23.8 Å². The van der Waals surface area contributed by atoms with Crippen LogP contribution in [0.3, 0.4) is 0 Å². The number of rotatable bonds is 1. The Bertz CT molecular complexity index is 1020. The molecule has 5 rings (SSSR count). The van der Waals surface area contributed by atoms with Crippen LogP contribution in [0.1, 0.15) is 30.1 Å². The molecule has 2 amide bonds. The first-order chi connectivity index (χ1) is 13.0. The van der Waals surface area contributed by atoms with E-state index in [1.165, 1.54) is 6.08 Å². The van der Waals surface area contributed by atoms with E-state index in [1.807, 2.05) is 0 Å². The summed E-state index contributed by atoms with van der Waals surface area (Å²) in [7, 11) is 0. The van der Waals surface area contributed by atoms with E-state index < -0.39 is 24.3 Å². The second-order valence-corrected chi connectivity index (χ2v) is 7.48. The Morgan fingerprint density at radius 1 is 1.11 bits per heavy atom. The minimum Gasteiger partial charge on any atom is -0.386 e. The second-order valence-electron chi connectivity index (χ2n) is 7.48. The predicted molar refractivity (Wildman–Crippen MR) is 97.5 cm³/mol. The van der Waals surface area contributed by atoms with Crippen molar-refractivity contribution in [1.82, 2.24) is 15.2 Å². The molecule has 1 saturated heterocycles. The van der Waals surface area contributed by atoms with Crippen LogP contribution in [0.2, 0.25) is 0 Å². The largest absolute Gasteiger partial charge is 0.386 e. The highest BCUT2D eigenvalue weighted by Crippen LogP contribution is 2.38. The molecule has 0 radical (unpaired) electrons. The third-order valence-corrected chi connectivity index (χ3v) is 5.88. The number of aromatic amines is 1. The highest BCUT2D eigenvalue weighted by atomic mass is 16.3. The highest BCUT2D eigenvalue weighted by molar-refractivity contribution is 5.96. The lowest BCUT2D eigenvalue weighted by Crippen LogP contribution is -2.62. The van der Waals surface area contributed by atoms with Crippen molar-refractivity contribution in [2.24, 2.45) is 0 Å². The summed E-state index contributed by atoms with van der Waals surface area (Å²) in [5.41, 5.74) is 2.67. The standard InChI is InChI=1S/C20H21N3O4/c24-15-6-5-10(7-16(15)25)19-18-12(11-3-1-2-4-13(11)22-18)8-14-20(27)21-9-17(26)23(14)19/h3-7,14-16,19,22,24-25H,1-2,8-9H2,(H,21,27). The molecule has 4 atom stereocenters. The Balaban J connectivity index is 1.73. The SMILES string of the molecule is O=C1NCC(=O)N2C1Cc1c([nH]c3c1=CCCC=3)C2C1=CC(O)C(O)C=C1. The van der Waals surface area contributed by atoms with Crippen molar-refractivity contribution in [3.8, 4) is 0 Å². The lowest BCUT2D eigenvalue weighted by atomic mass is 9.84. The molecule has 0 saturated carbocycles. The zero-order valence-electron chi connectivity index (χ0n) is 14.7. The van der Waals surface area contributed by atoms with E-state index in [0.717, 1.165) is 34.7 Å². The fourth-order valence-electron chi connectivity index (χ4n) is 4.60. The lowest BCUT2D eigenvalue weighted by Gasteiger charge is -2.44. The van der Waals surface area contributed by atoms with Crippen LogP contribution < -0.4 is 15.9 Å². The average Bonchev–Trinajstić information content (AvgIpc) is 3.04. The Labute approximate surface area is 155 Å². The summed E-state index contributed by atoms with van der Waals surface area (Å²) in [5, 5.41) is 24.8. The number of aliphatic hydroxyl groups excluding tert-OH is 2. The predicted octanol–water partition coefficient (Wildman–Crippen LogP) is -1.49. The molecule has 1 aromatic heterocycles. The summed E-state index contributed by atoms with van der Waals surface area (Å²) >= 11 is 0. The van der Waals surface area contributed by atoms with Crippen LogP contribution in [0.25, 0.3) is 12.2 Å². The number of hydrogen-bond donors (Lipinski definition) is 4. The van der Waals surface area contributed by atoms with E-state index >= 15 is 0 Å². The van der Waals surface area contributed by atoms with Crippen molar-refractivity contribution in [2.75, 3.05) is 6.54 Å². The van der Waals surface area contributed by atoms with Gasteiger partial charge in [-0.25, -0.2) is 0 Å². The Morgan fingerprint density at radius 3 is 2.74 bits per heavy atom. The van der Waals surface area contributed by atoms with Crippen molar-refractivity contribution < 1.29 is 19.8 Å². The molecule has 7 nitrogen and oxygen atoms in total. The van der Waals surface area contributed by atoms with Crippen LogP contribution in [-0.4, -0.2) is 56.7 Å². The van der Waals surface area contributed by atoms with Crippen molar-refractivity contribution in [2.45, 2.75) is 43.6 Å². The molecule has 140 valence electrons. The first kappa shape index (κ1) is 16.5. The molecule has 2 aliphatic heterocycles. The smallest absolute Gasteiger partial charge is 0.243 e. The summed E-state index contributed by atoms with van der Waals surface area (Å²) in [5.74, 6) is -0.299. The molecule has 0 spiro atoms. The van der Waals surface area contributed by atoms with Crippen LogP contribution in [0.4, 0.5) is 0 Å². The Morgan fingerprint density at radius 2 is 1.93 bits per heavy atom. The fraction of sp³-hybridized carbons (Fsp3) is 0.400. The first-order valence-corrected chi connectivity index (χ1v) is 9.30. The number of carbonyl (C=O) groups is 2.